The molecule has 17 nitrogen and oxygen atoms in total. The molecule has 0 heterocycles. The molecule has 0 spiro atoms. The van der Waals surface area contributed by atoms with Crippen molar-refractivity contribution in [2.24, 2.45) is 11.8 Å². The molecule has 96 heavy (non-hydrogen) atoms. The van der Waals surface area contributed by atoms with Crippen LogP contribution in [0.4, 0.5) is 0 Å². The van der Waals surface area contributed by atoms with Crippen molar-refractivity contribution in [1.29, 1.82) is 0 Å². The lowest BCUT2D eigenvalue weighted by Gasteiger charge is -2.21. The largest absolute Gasteiger partial charge is 0.472 e. The molecule has 0 bridgehead atoms. The van der Waals surface area contributed by atoms with E-state index in [0.717, 1.165) is 108 Å². The van der Waals surface area contributed by atoms with E-state index in [9.17, 15) is 43.2 Å². The number of aliphatic hydroxyl groups excluding tert-OH is 1. The molecule has 0 amide bonds. The molecular weight excluding hydrogens is 1260 g/mol. The molecule has 3 N–H and O–H groups in total. The van der Waals surface area contributed by atoms with Crippen LogP contribution in [0.3, 0.4) is 0 Å². The molecule has 0 aliphatic heterocycles. The Morgan fingerprint density at radius 2 is 0.479 bits per heavy atom. The van der Waals surface area contributed by atoms with Crippen LogP contribution in [-0.2, 0) is 65.4 Å². The van der Waals surface area contributed by atoms with E-state index >= 15 is 0 Å². The highest BCUT2D eigenvalue weighted by Crippen LogP contribution is 2.45. The Hall–Kier alpha value is -1.94. The first-order chi connectivity index (χ1) is 46.4. The third kappa shape index (κ3) is 70.5. The van der Waals surface area contributed by atoms with Crippen molar-refractivity contribution in [2.45, 2.75) is 419 Å². The highest BCUT2D eigenvalue weighted by molar-refractivity contribution is 7.47. The summed E-state index contributed by atoms with van der Waals surface area (Å²) >= 11 is 0. The number of ether oxygens (including phenoxy) is 4. The Morgan fingerprint density at radius 1 is 0.281 bits per heavy atom. The van der Waals surface area contributed by atoms with Gasteiger partial charge < -0.3 is 33.8 Å². The number of esters is 4. The van der Waals surface area contributed by atoms with Gasteiger partial charge in [-0.15, -0.1) is 0 Å². The molecule has 0 fully saturated rings. The number of aliphatic hydroxyl groups is 1. The van der Waals surface area contributed by atoms with E-state index in [1.165, 1.54) is 212 Å². The molecule has 0 saturated carbocycles. The van der Waals surface area contributed by atoms with Gasteiger partial charge in [-0.1, -0.05) is 350 Å². The summed E-state index contributed by atoms with van der Waals surface area (Å²) in [7, 11) is -9.91. The van der Waals surface area contributed by atoms with Gasteiger partial charge >= 0.3 is 39.5 Å². The van der Waals surface area contributed by atoms with E-state index in [2.05, 4.69) is 41.5 Å². The molecule has 19 heteroatoms. The van der Waals surface area contributed by atoms with Gasteiger partial charge in [0.05, 0.1) is 26.4 Å². The quantitative estimate of drug-likeness (QED) is 0.0222. The van der Waals surface area contributed by atoms with Crippen molar-refractivity contribution < 1.29 is 80.2 Å². The highest BCUT2D eigenvalue weighted by atomic mass is 31.2. The van der Waals surface area contributed by atoms with Gasteiger partial charge in [0.1, 0.15) is 19.3 Å². The molecule has 5 atom stereocenters. The summed E-state index contributed by atoms with van der Waals surface area (Å²) in [6.07, 6.45) is 56.9. The molecule has 0 rings (SSSR count). The number of carbonyl (C=O) groups excluding carboxylic acids is 4. The fourth-order valence-corrected chi connectivity index (χ4v) is 13.4. The molecule has 0 aromatic rings. The predicted octanol–water partition coefficient (Wildman–Crippen LogP) is 22.7. The van der Waals surface area contributed by atoms with E-state index in [0.29, 0.717) is 25.7 Å². The summed E-state index contributed by atoms with van der Waals surface area (Å²) in [5.41, 5.74) is 0. The third-order valence-corrected chi connectivity index (χ3v) is 19.9. The summed E-state index contributed by atoms with van der Waals surface area (Å²) in [5, 5.41) is 10.6. The van der Waals surface area contributed by atoms with Gasteiger partial charge in [-0.25, -0.2) is 9.13 Å². The molecule has 0 aliphatic rings. The molecule has 0 saturated heterocycles. The lowest BCUT2D eigenvalue weighted by Crippen LogP contribution is -2.30. The lowest BCUT2D eigenvalue weighted by atomic mass is 10.0. The monoisotopic (exact) mass is 1410 g/mol. The van der Waals surface area contributed by atoms with Crippen LogP contribution < -0.4 is 0 Å². The molecule has 570 valence electrons. The minimum absolute atomic E-state index is 0.107. The smallest absolute Gasteiger partial charge is 0.462 e. The second-order valence-electron chi connectivity index (χ2n) is 28.7. The van der Waals surface area contributed by atoms with Crippen LogP contribution in [-0.4, -0.2) is 96.7 Å². The third-order valence-electron chi connectivity index (χ3n) is 18.0. The van der Waals surface area contributed by atoms with Crippen LogP contribution >= 0.6 is 15.6 Å². The van der Waals surface area contributed by atoms with E-state index in [1.54, 1.807) is 0 Å². The van der Waals surface area contributed by atoms with Gasteiger partial charge in [-0.05, 0) is 37.5 Å². The van der Waals surface area contributed by atoms with Crippen LogP contribution in [0, 0.1) is 11.8 Å². The maximum atomic E-state index is 13.1. The Kier molecular flexibility index (Phi) is 67.4. The second-order valence-corrected chi connectivity index (χ2v) is 31.6. The van der Waals surface area contributed by atoms with Crippen LogP contribution in [0.2, 0.25) is 0 Å². The van der Waals surface area contributed by atoms with Gasteiger partial charge in [0.25, 0.3) is 0 Å². The van der Waals surface area contributed by atoms with Gasteiger partial charge in [0, 0.05) is 25.7 Å². The van der Waals surface area contributed by atoms with Gasteiger partial charge in [0.15, 0.2) is 12.2 Å². The van der Waals surface area contributed by atoms with Crippen LogP contribution in [0.5, 0.6) is 0 Å². The van der Waals surface area contributed by atoms with Gasteiger partial charge in [-0.3, -0.25) is 37.3 Å². The normalized spacial score (nSPS) is 14.0. The summed E-state index contributed by atoms with van der Waals surface area (Å²) in [6.45, 7) is 9.62. The molecule has 0 aromatic heterocycles. The first kappa shape index (κ1) is 94.1. The predicted molar refractivity (Wildman–Crippen MR) is 391 cm³/mol. The number of hydrogen-bond acceptors (Lipinski definition) is 15. The Balaban J connectivity index is 5.18. The molecule has 0 aliphatic carbocycles. The summed E-state index contributed by atoms with van der Waals surface area (Å²) in [4.78, 5) is 72.7. The summed E-state index contributed by atoms with van der Waals surface area (Å²) in [6, 6.07) is 0. The summed E-state index contributed by atoms with van der Waals surface area (Å²) in [5.74, 6) is -0.514. The average Bonchev–Trinajstić information content (AvgIpc) is 2.13. The SMILES string of the molecule is CCCCCCCCCCCCCCC(=O)O[C@H](COC(=O)CCCCCCCCCC)COP(=O)(O)OC[C@H](O)COP(=O)(O)OC[C@@H](COC(=O)CCCCCCCCCCCCCCC(C)C)OC(=O)CCCCCCCCCCCCCCCCCCCCC(C)C. The van der Waals surface area contributed by atoms with Crippen LogP contribution in [0.15, 0.2) is 0 Å². The first-order valence-corrected chi connectivity index (χ1v) is 43.0. The van der Waals surface area contributed by atoms with E-state index in [-0.39, 0.29) is 25.7 Å². The maximum Gasteiger partial charge on any atom is 0.472 e. The van der Waals surface area contributed by atoms with E-state index < -0.39 is 97.5 Å². The zero-order chi connectivity index (χ0) is 70.7. The van der Waals surface area contributed by atoms with Crippen molar-refractivity contribution in [3.8, 4) is 0 Å². The number of phosphoric ester groups is 2. The van der Waals surface area contributed by atoms with Crippen molar-refractivity contribution in [1.82, 2.24) is 0 Å². The fraction of sp³-hybridized carbons (Fsp3) is 0.948. The Labute approximate surface area is 588 Å². The van der Waals surface area contributed by atoms with Gasteiger partial charge in [0.2, 0.25) is 0 Å². The van der Waals surface area contributed by atoms with Crippen LogP contribution in [0.25, 0.3) is 0 Å². The fourth-order valence-electron chi connectivity index (χ4n) is 11.8. The van der Waals surface area contributed by atoms with Crippen molar-refractivity contribution >= 4 is 39.5 Å². The second kappa shape index (κ2) is 68.8. The Bertz CT molecular complexity index is 1860. The average molecular weight is 1410 g/mol. The van der Waals surface area contributed by atoms with Crippen LogP contribution in [0.1, 0.15) is 401 Å². The number of unbranched alkanes of at least 4 members (excludes halogenated alkanes) is 46. The number of phosphoric acid groups is 2. The van der Waals surface area contributed by atoms with E-state index in [1.807, 2.05) is 0 Å². The number of rotatable bonds is 76. The molecule has 2 unspecified atom stereocenters. The zero-order valence-corrected chi connectivity index (χ0v) is 64.5. The van der Waals surface area contributed by atoms with Crippen molar-refractivity contribution in [3.05, 3.63) is 0 Å². The molecule has 0 aromatic carbocycles. The highest BCUT2D eigenvalue weighted by Gasteiger charge is 2.30. The lowest BCUT2D eigenvalue weighted by molar-refractivity contribution is -0.161. The number of hydrogen-bond donors (Lipinski definition) is 3. The first-order valence-electron chi connectivity index (χ1n) is 40.0. The molecule has 0 radical (unpaired) electrons. The van der Waals surface area contributed by atoms with Gasteiger partial charge in [-0.2, -0.15) is 0 Å². The topological polar surface area (TPSA) is 237 Å². The number of carbonyl (C=O) groups is 4. The minimum atomic E-state index is -4.96. The zero-order valence-electron chi connectivity index (χ0n) is 62.7. The standard InChI is InChI=1S/C77H150O17P2/c1-7-9-11-13-15-17-18-31-37-43-49-55-61-76(81)93-72(65-87-74(79)59-53-47-41-16-14-12-10-8-2)67-91-95(83,84)89-63-71(78)64-90-96(85,86)92-68-73(66-88-75(80)60-54-48-42-36-32-28-27-30-35-40-46-52-58-70(5)6)94-77(82)62-56-50-44-38-33-26-24-22-20-19-21-23-25-29-34-39-45-51-57-69(3)4/h69-73,78H,7-68H2,1-6H3,(H,83,84)(H,85,86)/t71-,72+,73+/m0/s1. The summed E-state index contributed by atoms with van der Waals surface area (Å²) < 4.78 is 68.5. The minimum Gasteiger partial charge on any atom is -0.462 e. The Morgan fingerprint density at radius 3 is 0.708 bits per heavy atom. The van der Waals surface area contributed by atoms with E-state index in [4.69, 9.17) is 37.0 Å². The molecular formula is C77H150O17P2. The maximum absolute atomic E-state index is 13.1. The van der Waals surface area contributed by atoms with Crippen molar-refractivity contribution in [3.63, 3.8) is 0 Å². The van der Waals surface area contributed by atoms with Crippen molar-refractivity contribution in [2.75, 3.05) is 39.6 Å².